The summed E-state index contributed by atoms with van der Waals surface area (Å²) < 4.78 is 3.08. The molecule has 0 unspecified atom stereocenters. The molecule has 31 valence electrons. The summed E-state index contributed by atoms with van der Waals surface area (Å²) >= 11 is 0.440. The van der Waals surface area contributed by atoms with Gasteiger partial charge in [-0.25, -0.2) is 0 Å². The van der Waals surface area contributed by atoms with Crippen LogP contribution >= 0.6 is 0 Å². The van der Waals surface area contributed by atoms with Gasteiger partial charge in [0.1, 0.15) is 0 Å². The van der Waals surface area contributed by atoms with Crippen LogP contribution in [0.1, 0.15) is 0 Å². The van der Waals surface area contributed by atoms with Crippen molar-refractivity contribution in [1.82, 2.24) is 0 Å². The summed E-state index contributed by atoms with van der Waals surface area (Å²) in [4.78, 5) is 2.44. The molecule has 0 aliphatic carbocycles. The zero-order valence-corrected chi connectivity index (χ0v) is 7.65. The SMILES string of the molecule is [Cu].[N-]=[N+]=[N][PbH]. The summed E-state index contributed by atoms with van der Waals surface area (Å²) in [5, 5.41) is 0. The van der Waals surface area contributed by atoms with Gasteiger partial charge >= 0.3 is 39.4 Å². The summed E-state index contributed by atoms with van der Waals surface area (Å²) in [5.74, 6) is 0. The second-order valence-electron chi connectivity index (χ2n) is 0.205. The maximum atomic E-state index is 7.38. The van der Waals surface area contributed by atoms with Gasteiger partial charge in [0.15, 0.2) is 0 Å². The van der Waals surface area contributed by atoms with E-state index in [-0.39, 0.29) is 17.1 Å². The quantitative estimate of drug-likeness (QED) is 0.264. The van der Waals surface area contributed by atoms with E-state index >= 15 is 0 Å². The van der Waals surface area contributed by atoms with E-state index in [1.165, 1.54) is 0 Å². The van der Waals surface area contributed by atoms with Gasteiger partial charge in [0.25, 0.3) is 0 Å². The van der Waals surface area contributed by atoms with Crippen LogP contribution in [0.3, 0.4) is 0 Å². The molecular weight excluding hydrogens is 313 g/mol. The molecule has 0 fully saturated rings. The van der Waals surface area contributed by atoms with Crippen LogP contribution in [-0.2, 0) is 17.1 Å². The molecule has 0 heterocycles. The second kappa shape index (κ2) is 8.83. The summed E-state index contributed by atoms with van der Waals surface area (Å²) in [6, 6.07) is 0. The Bertz CT molecular complexity index is 44.9. The van der Waals surface area contributed by atoms with Gasteiger partial charge in [-0.15, -0.1) is 0 Å². The zero-order valence-electron chi connectivity index (χ0n) is 2.22. The monoisotopic (exact) mass is 314 g/mol. The molecule has 0 saturated heterocycles. The first-order valence-electron chi connectivity index (χ1n) is 0.658. The van der Waals surface area contributed by atoms with Crippen molar-refractivity contribution in [2.75, 3.05) is 0 Å². The van der Waals surface area contributed by atoms with Crippen LogP contribution in [-0.4, -0.2) is 26.1 Å². The number of hydrogen-bond acceptors (Lipinski definition) is 1. The number of azide groups is 1. The summed E-state index contributed by atoms with van der Waals surface area (Å²) in [5.41, 5.74) is 7.38. The van der Waals surface area contributed by atoms with Gasteiger partial charge in [-0.2, -0.15) is 0 Å². The van der Waals surface area contributed by atoms with E-state index in [9.17, 15) is 0 Å². The van der Waals surface area contributed by atoms with Gasteiger partial charge < -0.3 is 0 Å². The molecule has 0 amide bonds. The Morgan fingerprint density at radius 1 is 1.80 bits per heavy atom. The third-order valence-electron chi connectivity index (χ3n) is 0.0516. The third kappa shape index (κ3) is 11.7. The minimum absolute atomic E-state index is 0. The minimum atomic E-state index is 0. The molecule has 5 heteroatoms. The summed E-state index contributed by atoms with van der Waals surface area (Å²) in [6.07, 6.45) is 0. The van der Waals surface area contributed by atoms with Crippen molar-refractivity contribution in [1.29, 1.82) is 0 Å². The van der Waals surface area contributed by atoms with E-state index in [4.69, 9.17) is 5.53 Å². The van der Waals surface area contributed by atoms with Gasteiger partial charge in [-0.3, -0.25) is 0 Å². The molecule has 0 aromatic carbocycles. The van der Waals surface area contributed by atoms with Gasteiger partial charge in [0.2, 0.25) is 0 Å². The molecule has 0 atom stereocenters. The number of nitrogens with zero attached hydrogens (tertiary/aromatic N) is 3. The standard InChI is InChI=1S/Cu.N3.Pb.H/c;1-3-2;;/q;-1;+1;. The molecule has 3 radical (unpaired) electrons. The van der Waals surface area contributed by atoms with E-state index < -0.39 is 0 Å². The summed E-state index contributed by atoms with van der Waals surface area (Å²) in [7, 11) is 0. The van der Waals surface area contributed by atoms with Gasteiger partial charge in [0.05, 0.1) is 0 Å². The van der Waals surface area contributed by atoms with Crippen LogP contribution in [0.5, 0.6) is 0 Å². The Labute approximate surface area is 56.3 Å². The first-order chi connectivity index (χ1) is 1.91. The molecule has 3 nitrogen and oxygen atoms in total. The zero-order chi connectivity index (χ0) is 3.41. The predicted octanol–water partition coefficient (Wildman–Crippen LogP) is 0.110. The number of hydrogen-bond donors (Lipinski definition) is 0. The first-order valence-corrected chi connectivity index (χ1v) is 2.67. The van der Waals surface area contributed by atoms with Crippen molar-refractivity contribution in [3.63, 3.8) is 0 Å². The molecule has 0 N–H and O–H groups in total. The van der Waals surface area contributed by atoms with Crippen molar-refractivity contribution < 1.29 is 17.1 Å². The molecule has 0 rings (SSSR count). The molecule has 0 bridgehead atoms. The second-order valence-corrected chi connectivity index (χ2v) is 1.10. The summed E-state index contributed by atoms with van der Waals surface area (Å²) in [6.45, 7) is 0. The van der Waals surface area contributed by atoms with Gasteiger partial charge in [0, 0.05) is 17.1 Å². The Morgan fingerprint density at radius 2 is 2.00 bits per heavy atom. The fourth-order valence-electron chi connectivity index (χ4n) is 0. The molecule has 5 heavy (non-hydrogen) atoms. The normalized spacial score (nSPS) is 3.40. The molecule has 0 aromatic heterocycles. The average Bonchev–Trinajstić information content (AvgIpc) is 1.37. The van der Waals surface area contributed by atoms with Crippen LogP contribution in [0, 0.1) is 0 Å². The van der Waals surface area contributed by atoms with E-state index in [2.05, 4.69) is 7.84 Å². The van der Waals surface area contributed by atoms with E-state index in [1.54, 1.807) is 0 Å². The molecule has 0 saturated carbocycles. The molecule has 0 aliphatic heterocycles. The van der Waals surface area contributed by atoms with Crippen LogP contribution in [0.25, 0.3) is 10.4 Å². The predicted molar refractivity (Wildman–Crippen MR) is 16.3 cm³/mol. The average molecular weight is 314 g/mol. The fraction of sp³-hybridized carbons (Fsp3) is 0. The molecule has 0 spiro atoms. The molecular formula is HCuN3Pb. The van der Waals surface area contributed by atoms with Gasteiger partial charge in [-0.05, 0) is 0 Å². The number of rotatable bonds is 0. The topological polar surface area (TPSA) is 48.8 Å². The Balaban J connectivity index is 0. The van der Waals surface area contributed by atoms with E-state index in [0.29, 0.717) is 26.1 Å². The maximum absolute atomic E-state index is 7.38. The van der Waals surface area contributed by atoms with Gasteiger partial charge in [-0.1, -0.05) is 0 Å². The molecule has 0 aliphatic rings. The van der Waals surface area contributed by atoms with E-state index in [1.807, 2.05) is 0 Å². The van der Waals surface area contributed by atoms with Crippen molar-refractivity contribution in [2.45, 2.75) is 0 Å². The van der Waals surface area contributed by atoms with Crippen LogP contribution < -0.4 is 0 Å². The van der Waals surface area contributed by atoms with Crippen LogP contribution in [0.15, 0.2) is 2.92 Å². The third-order valence-corrected chi connectivity index (χ3v) is 0.453. The molecule has 0 aromatic rings. The van der Waals surface area contributed by atoms with Crippen LogP contribution in [0.4, 0.5) is 0 Å². The Kier molecular flexibility index (Phi) is 16.3. The fourth-order valence-corrected chi connectivity index (χ4v) is 0. The first kappa shape index (κ1) is 9.23. The van der Waals surface area contributed by atoms with Crippen molar-refractivity contribution in [2.24, 2.45) is 2.92 Å². The van der Waals surface area contributed by atoms with Crippen molar-refractivity contribution >= 4 is 26.1 Å². The van der Waals surface area contributed by atoms with E-state index in [0.717, 1.165) is 0 Å². The van der Waals surface area contributed by atoms with Crippen molar-refractivity contribution in [3.05, 3.63) is 10.4 Å². The van der Waals surface area contributed by atoms with Crippen molar-refractivity contribution in [3.8, 4) is 0 Å². The Hall–Kier alpha value is 0.752. The Morgan fingerprint density at radius 3 is 2.00 bits per heavy atom. The van der Waals surface area contributed by atoms with Crippen LogP contribution in [0.2, 0.25) is 0 Å².